The monoisotopic (exact) mass is 400 g/mol. The summed E-state index contributed by atoms with van der Waals surface area (Å²) in [5.74, 6) is 2.35. The van der Waals surface area contributed by atoms with Gasteiger partial charge in [-0.2, -0.15) is 5.10 Å². The summed E-state index contributed by atoms with van der Waals surface area (Å²) in [6.07, 6.45) is 9.09. The van der Waals surface area contributed by atoms with Gasteiger partial charge in [0.05, 0.1) is 18.2 Å². The predicted molar refractivity (Wildman–Crippen MR) is 111 cm³/mol. The van der Waals surface area contributed by atoms with Gasteiger partial charge in [0.25, 0.3) is 0 Å². The van der Waals surface area contributed by atoms with Crippen molar-refractivity contribution < 1.29 is 9.53 Å². The van der Waals surface area contributed by atoms with Gasteiger partial charge in [-0.3, -0.25) is 14.4 Å². The molecule has 4 fully saturated rings. The maximum absolute atomic E-state index is 12.7. The van der Waals surface area contributed by atoms with E-state index in [9.17, 15) is 4.79 Å². The molecule has 6 heteroatoms. The molecule has 1 aliphatic carbocycles. The molecule has 0 unspecified atom stereocenters. The number of likely N-dealkylation sites (tertiary alicyclic amines) is 1. The Morgan fingerprint density at radius 2 is 2.10 bits per heavy atom. The molecule has 4 heterocycles. The maximum Gasteiger partial charge on any atom is 0.223 e. The number of nitrogens with one attached hydrogen (secondary N) is 1. The Bertz CT molecular complexity index is 741. The van der Waals surface area contributed by atoms with Crippen LogP contribution in [0.25, 0.3) is 0 Å². The predicted octanol–water partition coefficient (Wildman–Crippen LogP) is 2.61. The number of carbonyl (C=O) groups is 1. The van der Waals surface area contributed by atoms with E-state index < -0.39 is 0 Å². The van der Waals surface area contributed by atoms with Crippen LogP contribution in [-0.4, -0.2) is 58.5 Å². The van der Waals surface area contributed by atoms with Gasteiger partial charge in [-0.1, -0.05) is 6.92 Å². The number of amides is 1. The van der Waals surface area contributed by atoms with Gasteiger partial charge in [0.1, 0.15) is 0 Å². The van der Waals surface area contributed by atoms with E-state index in [1.165, 1.54) is 25.0 Å². The zero-order valence-electron chi connectivity index (χ0n) is 18.0. The van der Waals surface area contributed by atoms with Crippen molar-refractivity contribution in [1.29, 1.82) is 0 Å². The lowest BCUT2D eigenvalue weighted by Gasteiger charge is -2.31. The standard InChI is InChI=1S/C23H36N4O2/c1-16-3-5-18(6-4-16)22(28)24-13-19-20-14-26(11-12-27-17(2)8-10-25-27)15-23(20)9-7-21(19)29-23/h8,10,16,18-21H,3-7,9,11-15H2,1-2H3,(H,24,28)/t16?,18?,19-,20+,21+,23+/m0/s1. The zero-order valence-corrected chi connectivity index (χ0v) is 18.0. The first kappa shape index (κ1) is 19.6. The molecule has 3 aliphatic heterocycles. The number of aryl methyl sites for hydroxylation is 1. The molecule has 2 bridgehead atoms. The normalized spacial score (nSPS) is 39.0. The van der Waals surface area contributed by atoms with Crippen molar-refractivity contribution in [2.45, 2.75) is 70.6 Å². The van der Waals surface area contributed by atoms with Crippen molar-refractivity contribution in [3.8, 4) is 0 Å². The van der Waals surface area contributed by atoms with Gasteiger partial charge >= 0.3 is 0 Å². The summed E-state index contributed by atoms with van der Waals surface area (Å²) < 4.78 is 8.65. The van der Waals surface area contributed by atoms with Crippen molar-refractivity contribution in [2.75, 3.05) is 26.2 Å². The van der Waals surface area contributed by atoms with Crippen molar-refractivity contribution >= 4 is 5.91 Å². The Balaban J connectivity index is 1.16. The van der Waals surface area contributed by atoms with E-state index in [0.717, 1.165) is 57.9 Å². The van der Waals surface area contributed by atoms with Gasteiger partial charge in [-0.25, -0.2) is 0 Å². The van der Waals surface area contributed by atoms with E-state index in [4.69, 9.17) is 4.74 Å². The number of aromatic nitrogens is 2. The summed E-state index contributed by atoms with van der Waals surface area (Å²) in [5, 5.41) is 7.75. The molecule has 1 aromatic heterocycles. The summed E-state index contributed by atoms with van der Waals surface area (Å²) in [4.78, 5) is 15.3. The molecule has 0 aromatic carbocycles. The third-order valence-electron chi connectivity index (χ3n) is 8.31. The molecular weight excluding hydrogens is 364 g/mol. The highest BCUT2D eigenvalue weighted by atomic mass is 16.5. The van der Waals surface area contributed by atoms with Crippen LogP contribution in [-0.2, 0) is 16.1 Å². The lowest BCUT2D eigenvalue weighted by Crippen LogP contribution is -2.43. The highest BCUT2D eigenvalue weighted by Crippen LogP contribution is 2.54. The molecule has 29 heavy (non-hydrogen) atoms. The zero-order chi connectivity index (χ0) is 20.0. The van der Waals surface area contributed by atoms with Crippen LogP contribution < -0.4 is 5.32 Å². The maximum atomic E-state index is 12.7. The minimum absolute atomic E-state index is 0.0412. The second-order valence-electron chi connectivity index (χ2n) is 10.2. The van der Waals surface area contributed by atoms with Crippen LogP contribution in [0.4, 0.5) is 0 Å². The molecular formula is C23H36N4O2. The van der Waals surface area contributed by atoms with E-state index in [0.29, 0.717) is 17.9 Å². The van der Waals surface area contributed by atoms with Gasteiger partial charge in [-0.05, 0) is 57.4 Å². The first-order chi connectivity index (χ1) is 14.0. The summed E-state index contributed by atoms with van der Waals surface area (Å²) in [6.45, 7) is 9.31. The molecule has 3 saturated heterocycles. The average Bonchev–Trinajstić information content (AvgIpc) is 3.45. The number of carbonyl (C=O) groups excluding carboxylic acids is 1. The fourth-order valence-corrected chi connectivity index (χ4v) is 6.48. The van der Waals surface area contributed by atoms with Crippen LogP contribution in [0.1, 0.15) is 51.1 Å². The largest absolute Gasteiger partial charge is 0.370 e. The second-order valence-corrected chi connectivity index (χ2v) is 10.2. The molecule has 1 amide bonds. The second kappa shape index (κ2) is 7.69. The number of nitrogens with zero attached hydrogens (tertiary/aromatic N) is 3. The molecule has 5 rings (SSSR count). The Hall–Kier alpha value is -1.40. The van der Waals surface area contributed by atoms with E-state index in [-0.39, 0.29) is 17.4 Å². The molecule has 6 nitrogen and oxygen atoms in total. The fourth-order valence-electron chi connectivity index (χ4n) is 6.48. The lowest BCUT2D eigenvalue weighted by molar-refractivity contribution is -0.126. The first-order valence-corrected chi connectivity index (χ1v) is 11.7. The third kappa shape index (κ3) is 3.63. The van der Waals surface area contributed by atoms with Gasteiger partial charge < -0.3 is 10.1 Å². The molecule has 4 atom stereocenters. The van der Waals surface area contributed by atoms with Gasteiger partial charge in [0.2, 0.25) is 5.91 Å². The number of fused-ring (bicyclic) bond motifs is 1. The van der Waals surface area contributed by atoms with E-state index in [1.807, 2.05) is 6.20 Å². The minimum Gasteiger partial charge on any atom is -0.370 e. The topological polar surface area (TPSA) is 59.4 Å². The summed E-state index contributed by atoms with van der Waals surface area (Å²) in [7, 11) is 0. The third-order valence-corrected chi connectivity index (χ3v) is 8.31. The van der Waals surface area contributed by atoms with Crippen LogP contribution in [0.2, 0.25) is 0 Å². The summed E-state index contributed by atoms with van der Waals surface area (Å²) in [6, 6.07) is 2.06. The van der Waals surface area contributed by atoms with Crippen molar-refractivity contribution in [2.24, 2.45) is 23.7 Å². The lowest BCUT2D eigenvalue weighted by atomic mass is 9.73. The molecule has 1 N–H and O–H groups in total. The van der Waals surface area contributed by atoms with Crippen molar-refractivity contribution in [1.82, 2.24) is 20.0 Å². The number of rotatable bonds is 6. The molecule has 160 valence electrons. The van der Waals surface area contributed by atoms with Crippen LogP contribution in [0.5, 0.6) is 0 Å². The minimum atomic E-state index is 0.0412. The smallest absolute Gasteiger partial charge is 0.223 e. The summed E-state index contributed by atoms with van der Waals surface area (Å²) in [5.41, 5.74) is 1.26. The average molecular weight is 401 g/mol. The first-order valence-electron chi connectivity index (χ1n) is 11.7. The highest BCUT2D eigenvalue weighted by molar-refractivity contribution is 5.78. The molecule has 0 radical (unpaired) electrons. The van der Waals surface area contributed by atoms with Crippen LogP contribution in [0.3, 0.4) is 0 Å². The summed E-state index contributed by atoms with van der Waals surface area (Å²) >= 11 is 0. The molecule has 1 spiro atoms. The Morgan fingerprint density at radius 1 is 1.28 bits per heavy atom. The number of hydrogen-bond acceptors (Lipinski definition) is 4. The quantitative estimate of drug-likeness (QED) is 0.797. The van der Waals surface area contributed by atoms with Gasteiger partial charge in [0.15, 0.2) is 0 Å². The van der Waals surface area contributed by atoms with Gasteiger partial charge in [-0.15, -0.1) is 0 Å². The Morgan fingerprint density at radius 3 is 2.86 bits per heavy atom. The molecule has 1 aromatic rings. The van der Waals surface area contributed by atoms with Crippen molar-refractivity contribution in [3.63, 3.8) is 0 Å². The van der Waals surface area contributed by atoms with Crippen LogP contribution in [0.15, 0.2) is 12.3 Å². The SMILES string of the molecule is Cc1ccnn1CCN1C[C@@H]2[C@H](CNC(=O)C3CCC(C)CC3)[C@H]3CC[C@]2(C1)O3. The Kier molecular flexibility index (Phi) is 5.19. The Labute approximate surface area is 174 Å². The van der Waals surface area contributed by atoms with E-state index >= 15 is 0 Å². The number of ether oxygens (including phenoxy) is 1. The van der Waals surface area contributed by atoms with Gasteiger partial charge in [0, 0.05) is 55.8 Å². The molecule has 4 aliphatic rings. The number of hydrogen-bond donors (Lipinski definition) is 1. The van der Waals surface area contributed by atoms with Crippen molar-refractivity contribution in [3.05, 3.63) is 18.0 Å². The van der Waals surface area contributed by atoms with Crippen LogP contribution in [0, 0.1) is 30.6 Å². The van der Waals surface area contributed by atoms with E-state index in [2.05, 4.69) is 39.9 Å². The van der Waals surface area contributed by atoms with Crippen LogP contribution >= 0.6 is 0 Å². The van der Waals surface area contributed by atoms with E-state index in [1.54, 1.807) is 0 Å². The molecule has 1 saturated carbocycles. The fraction of sp³-hybridized carbons (Fsp3) is 0.826. The highest BCUT2D eigenvalue weighted by Gasteiger charge is 2.62.